The van der Waals surface area contributed by atoms with E-state index in [1.807, 2.05) is 29.2 Å². The fraction of sp³-hybridized carbons (Fsp3) is 0.550. The summed E-state index contributed by atoms with van der Waals surface area (Å²) in [7, 11) is 3.25. The van der Waals surface area contributed by atoms with Gasteiger partial charge in [0.1, 0.15) is 11.5 Å². The molecule has 0 spiro atoms. The predicted molar refractivity (Wildman–Crippen MR) is 99.0 cm³/mol. The lowest BCUT2D eigenvalue weighted by atomic mass is 10.1. The maximum atomic E-state index is 12.7. The summed E-state index contributed by atoms with van der Waals surface area (Å²) >= 11 is 0. The van der Waals surface area contributed by atoms with E-state index in [1.165, 1.54) is 25.9 Å². The van der Waals surface area contributed by atoms with E-state index >= 15 is 0 Å². The molecule has 2 saturated heterocycles. The zero-order valence-electron chi connectivity index (χ0n) is 15.2. The summed E-state index contributed by atoms with van der Waals surface area (Å²) in [6, 6.07) is 5.97. The Morgan fingerprint density at radius 2 is 1.96 bits per heavy atom. The van der Waals surface area contributed by atoms with Gasteiger partial charge in [-0.15, -0.1) is 0 Å². The van der Waals surface area contributed by atoms with Crippen molar-refractivity contribution in [3.8, 4) is 11.5 Å². The molecule has 0 saturated carbocycles. The molecule has 0 aromatic heterocycles. The Labute approximate surface area is 150 Å². The van der Waals surface area contributed by atoms with E-state index in [0.29, 0.717) is 11.8 Å². The molecule has 136 valence electrons. The highest BCUT2D eigenvalue weighted by Crippen LogP contribution is 2.26. The molecule has 0 bridgehead atoms. The number of carbonyl (C=O) groups excluding carboxylic acids is 1. The van der Waals surface area contributed by atoms with E-state index < -0.39 is 0 Å². The van der Waals surface area contributed by atoms with E-state index in [-0.39, 0.29) is 5.91 Å². The van der Waals surface area contributed by atoms with Gasteiger partial charge in [0.05, 0.1) is 14.2 Å². The summed E-state index contributed by atoms with van der Waals surface area (Å²) in [5.41, 5.74) is 0.881. The predicted octanol–water partition coefficient (Wildman–Crippen LogP) is 2.80. The largest absolute Gasteiger partial charge is 0.497 e. The number of hydrogen-bond donors (Lipinski definition) is 0. The normalized spacial score (nSPS) is 21.2. The van der Waals surface area contributed by atoms with Crippen molar-refractivity contribution >= 4 is 12.0 Å². The maximum Gasteiger partial charge on any atom is 0.246 e. The number of ether oxygens (including phenoxy) is 2. The minimum Gasteiger partial charge on any atom is -0.497 e. The minimum absolute atomic E-state index is 0.0968. The molecular formula is C20H28N2O3. The van der Waals surface area contributed by atoms with Gasteiger partial charge in [-0.05, 0) is 57.0 Å². The second-order valence-electron chi connectivity index (χ2n) is 6.78. The average Bonchev–Trinajstić information content (AvgIpc) is 3.32. The average molecular weight is 344 g/mol. The zero-order chi connectivity index (χ0) is 17.6. The van der Waals surface area contributed by atoms with Crippen LogP contribution in [0.25, 0.3) is 6.08 Å². The lowest BCUT2D eigenvalue weighted by Crippen LogP contribution is -2.41. The third kappa shape index (κ3) is 4.34. The Morgan fingerprint density at radius 3 is 2.68 bits per heavy atom. The molecule has 5 nitrogen and oxygen atoms in total. The zero-order valence-corrected chi connectivity index (χ0v) is 15.2. The lowest BCUT2D eigenvalue weighted by molar-refractivity contribution is -0.127. The number of hydrogen-bond acceptors (Lipinski definition) is 4. The van der Waals surface area contributed by atoms with Crippen molar-refractivity contribution in [1.82, 2.24) is 9.80 Å². The van der Waals surface area contributed by atoms with Crippen molar-refractivity contribution < 1.29 is 14.3 Å². The van der Waals surface area contributed by atoms with Crippen LogP contribution in [0.15, 0.2) is 24.3 Å². The Morgan fingerprint density at radius 1 is 1.16 bits per heavy atom. The highest BCUT2D eigenvalue weighted by molar-refractivity contribution is 5.92. The summed E-state index contributed by atoms with van der Waals surface area (Å²) < 4.78 is 10.6. The third-order valence-electron chi connectivity index (χ3n) is 5.17. The van der Waals surface area contributed by atoms with E-state index in [9.17, 15) is 4.79 Å². The SMILES string of the molecule is COc1ccc(C=CC(=O)N2CCC[C@H]2CN2CCCC2)c(OC)c1. The Kier molecular flexibility index (Phi) is 5.97. The Hall–Kier alpha value is -2.01. The van der Waals surface area contributed by atoms with E-state index in [4.69, 9.17) is 9.47 Å². The fourth-order valence-electron chi connectivity index (χ4n) is 3.79. The van der Waals surface area contributed by atoms with Crippen molar-refractivity contribution in [1.29, 1.82) is 0 Å². The van der Waals surface area contributed by atoms with Crippen molar-refractivity contribution in [2.75, 3.05) is 40.4 Å². The first-order chi connectivity index (χ1) is 12.2. The molecule has 1 aromatic carbocycles. The van der Waals surface area contributed by atoms with Crippen molar-refractivity contribution in [2.45, 2.75) is 31.7 Å². The molecule has 5 heteroatoms. The number of carbonyl (C=O) groups is 1. The highest BCUT2D eigenvalue weighted by Gasteiger charge is 2.29. The Balaban J connectivity index is 1.65. The molecule has 0 radical (unpaired) electrons. The van der Waals surface area contributed by atoms with Crippen molar-refractivity contribution in [3.63, 3.8) is 0 Å². The monoisotopic (exact) mass is 344 g/mol. The summed E-state index contributed by atoms with van der Waals surface area (Å²) in [5.74, 6) is 1.54. The van der Waals surface area contributed by atoms with Crippen LogP contribution in [-0.4, -0.2) is 62.1 Å². The van der Waals surface area contributed by atoms with Crippen LogP contribution in [0.4, 0.5) is 0 Å². The van der Waals surface area contributed by atoms with Crippen LogP contribution >= 0.6 is 0 Å². The molecule has 3 rings (SSSR count). The number of rotatable bonds is 6. The summed E-state index contributed by atoms with van der Waals surface area (Å²) in [6.07, 6.45) is 8.31. The molecular weight excluding hydrogens is 316 g/mol. The lowest BCUT2D eigenvalue weighted by Gasteiger charge is -2.27. The van der Waals surface area contributed by atoms with Crippen molar-refractivity contribution in [3.05, 3.63) is 29.8 Å². The van der Waals surface area contributed by atoms with E-state index in [1.54, 1.807) is 20.3 Å². The second-order valence-corrected chi connectivity index (χ2v) is 6.78. The molecule has 2 aliphatic rings. The molecule has 2 fully saturated rings. The molecule has 0 unspecified atom stereocenters. The number of benzene rings is 1. The van der Waals surface area contributed by atoms with Gasteiger partial charge in [0.25, 0.3) is 0 Å². The molecule has 2 aliphatic heterocycles. The standard InChI is InChI=1S/C20H28N2O3/c1-24-18-9-7-16(19(14-18)25-2)8-10-20(23)22-13-5-6-17(22)15-21-11-3-4-12-21/h7-10,14,17H,3-6,11-13,15H2,1-2H3/t17-/m0/s1. The van der Waals surface area contributed by atoms with Crippen LogP contribution in [0.2, 0.25) is 0 Å². The summed E-state index contributed by atoms with van der Waals surface area (Å²) in [5, 5.41) is 0. The van der Waals surface area contributed by atoms with Crippen LogP contribution in [-0.2, 0) is 4.79 Å². The van der Waals surface area contributed by atoms with Gasteiger partial charge >= 0.3 is 0 Å². The van der Waals surface area contributed by atoms with Gasteiger partial charge in [0.2, 0.25) is 5.91 Å². The quantitative estimate of drug-likeness (QED) is 0.744. The van der Waals surface area contributed by atoms with E-state index in [0.717, 1.165) is 37.2 Å². The van der Waals surface area contributed by atoms with Crippen LogP contribution in [0.3, 0.4) is 0 Å². The van der Waals surface area contributed by atoms with Crippen LogP contribution in [0.5, 0.6) is 11.5 Å². The van der Waals surface area contributed by atoms with E-state index in [2.05, 4.69) is 4.90 Å². The van der Waals surface area contributed by atoms with Crippen LogP contribution in [0, 0.1) is 0 Å². The number of methoxy groups -OCH3 is 2. The van der Waals surface area contributed by atoms with Gasteiger partial charge in [0.15, 0.2) is 0 Å². The van der Waals surface area contributed by atoms with Gasteiger partial charge in [-0.3, -0.25) is 4.79 Å². The molecule has 25 heavy (non-hydrogen) atoms. The highest BCUT2D eigenvalue weighted by atomic mass is 16.5. The summed E-state index contributed by atoms with van der Waals surface area (Å²) in [4.78, 5) is 17.2. The molecule has 1 aromatic rings. The minimum atomic E-state index is 0.0968. The van der Waals surface area contributed by atoms with Crippen molar-refractivity contribution in [2.24, 2.45) is 0 Å². The Bertz CT molecular complexity index is 623. The molecule has 0 N–H and O–H groups in total. The number of amides is 1. The smallest absolute Gasteiger partial charge is 0.246 e. The third-order valence-corrected chi connectivity index (χ3v) is 5.17. The second kappa shape index (κ2) is 8.39. The molecule has 1 atom stereocenters. The molecule has 0 aliphatic carbocycles. The number of nitrogens with zero attached hydrogens (tertiary/aromatic N) is 2. The first-order valence-corrected chi connectivity index (χ1v) is 9.14. The first-order valence-electron chi connectivity index (χ1n) is 9.14. The van der Waals surface area contributed by atoms with Gasteiger partial charge in [-0.2, -0.15) is 0 Å². The van der Waals surface area contributed by atoms with Gasteiger partial charge in [-0.25, -0.2) is 0 Å². The molecule has 2 heterocycles. The number of likely N-dealkylation sites (tertiary alicyclic amines) is 2. The van der Waals surface area contributed by atoms with Gasteiger partial charge in [0, 0.05) is 36.8 Å². The fourth-order valence-corrected chi connectivity index (χ4v) is 3.79. The van der Waals surface area contributed by atoms with Gasteiger partial charge in [-0.1, -0.05) is 0 Å². The van der Waals surface area contributed by atoms with Gasteiger partial charge < -0.3 is 19.3 Å². The van der Waals surface area contributed by atoms with Crippen LogP contribution < -0.4 is 9.47 Å². The maximum absolute atomic E-state index is 12.7. The first kappa shape index (κ1) is 17.8. The summed E-state index contributed by atoms with van der Waals surface area (Å²) in [6.45, 7) is 4.24. The van der Waals surface area contributed by atoms with Crippen LogP contribution in [0.1, 0.15) is 31.2 Å². The molecule has 1 amide bonds. The topological polar surface area (TPSA) is 42.0 Å².